The van der Waals surface area contributed by atoms with Gasteiger partial charge >= 0.3 is 0 Å². The molecule has 134 valence electrons. The maximum atomic E-state index is 11.0. The van der Waals surface area contributed by atoms with Gasteiger partial charge in [-0.3, -0.25) is 0 Å². The topological polar surface area (TPSA) is 69.9 Å². The predicted molar refractivity (Wildman–Crippen MR) is 102 cm³/mol. The average Bonchev–Trinajstić information content (AvgIpc) is 2.56. The minimum Gasteiger partial charge on any atom is -0.507 e. The van der Waals surface area contributed by atoms with Gasteiger partial charge in [0.2, 0.25) is 0 Å². The summed E-state index contributed by atoms with van der Waals surface area (Å²) in [7, 11) is 0. The number of benzene rings is 2. The summed E-state index contributed by atoms with van der Waals surface area (Å²) in [5.74, 6) is 0.386. The van der Waals surface area contributed by atoms with E-state index in [0.717, 1.165) is 22.3 Å². The maximum absolute atomic E-state index is 11.0. The molecule has 0 amide bonds. The molecule has 4 nitrogen and oxygen atoms in total. The summed E-state index contributed by atoms with van der Waals surface area (Å²) >= 11 is 0. The molecule has 3 N–H and O–H groups in total. The first-order chi connectivity index (χ1) is 12.2. The lowest BCUT2D eigenvalue weighted by Crippen LogP contribution is -2.28. The molecule has 4 rings (SSSR count). The molecule has 0 aromatic heterocycles. The quantitative estimate of drug-likeness (QED) is 0.507. The molecule has 0 radical (unpaired) electrons. The number of allylic oxidation sites excluding steroid dienone is 1. The summed E-state index contributed by atoms with van der Waals surface area (Å²) in [5, 5.41) is 31.3. The summed E-state index contributed by atoms with van der Waals surface area (Å²) in [6.45, 7) is 9.90. The van der Waals surface area contributed by atoms with Gasteiger partial charge in [0.1, 0.15) is 17.1 Å². The lowest BCUT2D eigenvalue weighted by molar-refractivity contribution is 0.158. The molecular formula is C22H22O4. The van der Waals surface area contributed by atoms with Gasteiger partial charge in [-0.1, -0.05) is 18.2 Å². The molecule has 1 heterocycles. The molecule has 2 aromatic carbocycles. The van der Waals surface area contributed by atoms with Crippen LogP contribution in [0.15, 0.2) is 36.4 Å². The van der Waals surface area contributed by atoms with Gasteiger partial charge in [0.05, 0.1) is 5.56 Å². The molecule has 26 heavy (non-hydrogen) atoms. The highest BCUT2D eigenvalue weighted by Gasteiger charge is 2.34. The van der Waals surface area contributed by atoms with Gasteiger partial charge < -0.3 is 20.1 Å². The monoisotopic (exact) mass is 350 g/mol. The van der Waals surface area contributed by atoms with E-state index in [0.29, 0.717) is 23.3 Å². The molecule has 0 bridgehead atoms. The fraction of sp³-hybridized carbons (Fsp3) is 0.273. The zero-order valence-corrected chi connectivity index (χ0v) is 15.1. The van der Waals surface area contributed by atoms with Crippen LogP contribution in [0, 0.1) is 0 Å². The molecule has 0 unspecified atom stereocenters. The van der Waals surface area contributed by atoms with E-state index in [-0.39, 0.29) is 23.2 Å². The van der Waals surface area contributed by atoms with Crippen molar-refractivity contribution in [2.45, 2.75) is 38.7 Å². The van der Waals surface area contributed by atoms with Gasteiger partial charge in [-0.2, -0.15) is 0 Å². The fourth-order valence-electron chi connectivity index (χ4n) is 3.91. The summed E-state index contributed by atoms with van der Waals surface area (Å²) < 4.78 is 6.05. The highest BCUT2D eigenvalue weighted by atomic mass is 16.5. The molecule has 0 fully saturated rings. The van der Waals surface area contributed by atoms with Gasteiger partial charge in [-0.05, 0) is 62.6 Å². The number of aromatic hydroxyl groups is 3. The minimum absolute atomic E-state index is 0.113. The van der Waals surface area contributed by atoms with E-state index >= 15 is 0 Å². The molecule has 4 heteroatoms. The van der Waals surface area contributed by atoms with Crippen LogP contribution < -0.4 is 4.74 Å². The first kappa shape index (κ1) is 16.6. The van der Waals surface area contributed by atoms with Crippen LogP contribution in [0.5, 0.6) is 23.0 Å². The molecule has 1 atom stereocenters. The van der Waals surface area contributed by atoms with E-state index in [1.165, 1.54) is 6.07 Å². The van der Waals surface area contributed by atoms with Crippen molar-refractivity contribution in [3.8, 4) is 34.1 Å². The van der Waals surface area contributed by atoms with Crippen LogP contribution in [0.3, 0.4) is 0 Å². The van der Waals surface area contributed by atoms with E-state index in [2.05, 4.69) is 6.58 Å². The van der Waals surface area contributed by atoms with E-state index in [1.54, 1.807) is 6.07 Å². The third-order valence-corrected chi connectivity index (χ3v) is 5.27. The average molecular weight is 350 g/mol. The summed E-state index contributed by atoms with van der Waals surface area (Å²) in [5.41, 5.74) is 4.14. The largest absolute Gasteiger partial charge is 0.507 e. The van der Waals surface area contributed by atoms with Crippen molar-refractivity contribution >= 4 is 6.08 Å². The number of ether oxygens (including phenoxy) is 1. The molecule has 1 aliphatic carbocycles. The molecule has 0 saturated carbocycles. The minimum atomic E-state index is -0.462. The Bertz CT molecular complexity index is 982. The van der Waals surface area contributed by atoms with E-state index in [4.69, 9.17) is 4.74 Å². The van der Waals surface area contributed by atoms with Gasteiger partial charge in [0.15, 0.2) is 11.5 Å². The second kappa shape index (κ2) is 5.31. The second-order valence-corrected chi connectivity index (χ2v) is 7.70. The van der Waals surface area contributed by atoms with Crippen molar-refractivity contribution in [2.24, 2.45) is 0 Å². The second-order valence-electron chi connectivity index (χ2n) is 7.70. The number of phenolic OH excluding ortho intramolecular Hbond substituents is 3. The third-order valence-electron chi connectivity index (χ3n) is 5.27. The Labute approximate surface area is 152 Å². The van der Waals surface area contributed by atoms with Crippen LogP contribution in [-0.2, 0) is 6.42 Å². The maximum Gasteiger partial charge on any atom is 0.161 e. The molecule has 2 aliphatic rings. The van der Waals surface area contributed by atoms with Crippen LogP contribution in [0.1, 0.15) is 43.4 Å². The van der Waals surface area contributed by atoms with Crippen molar-refractivity contribution in [3.05, 3.63) is 53.1 Å². The zero-order chi connectivity index (χ0) is 18.8. The Hall–Kier alpha value is -2.88. The normalized spacial score (nSPS) is 19.1. The number of rotatable bonds is 1. The van der Waals surface area contributed by atoms with Crippen LogP contribution in [0.25, 0.3) is 17.2 Å². The lowest BCUT2D eigenvalue weighted by Gasteiger charge is -2.34. The van der Waals surface area contributed by atoms with E-state index < -0.39 is 5.60 Å². The highest BCUT2D eigenvalue weighted by Crippen LogP contribution is 2.54. The van der Waals surface area contributed by atoms with Gasteiger partial charge in [-0.25, -0.2) is 0 Å². The van der Waals surface area contributed by atoms with Crippen LogP contribution >= 0.6 is 0 Å². The van der Waals surface area contributed by atoms with Crippen molar-refractivity contribution in [1.82, 2.24) is 0 Å². The molecule has 2 aromatic rings. The SMILES string of the molecule is C=C(C)[C@H]1Cc2c(ccc(O)c2O)-c2cc3c(c(O)c21)C=CC(C)(C)O3. The van der Waals surface area contributed by atoms with Crippen molar-refractivity contribution < 1.29 is 20.1 Å². The highest BCUT2D eigenvalue weighted by molar-refractivity contribution is 5.85. The summed E-state index contributed by atoms with van der Waals surface area (Å²) in [6.07, 6.45) is 4.30. The Morgan fingerprint density at radius 1 is 1.15 bits per heavy atom. The fourth-order valence-corrected chi connectivity index (χ4v) is 3.91. The lowest BCUT2D eigenvalue weighted by atomic mass is 9.74. The molecular weight excluding hydrogens is 328 g/mol. The Morgan fingerprint density at radius 2 is 1.88 bits per heavy atom. The summed E-state index contributed by atoms with van der Waals surface area (Å²) in [4.78, 5) is 0. The molecule has 1 aliphatic heterocycles. The number of hydrogen-bond donors (Lipinski definition) is 3. The van der Waals surface area contributed by atoms with E-state index in [9.17, 15) is 15.3 Å². The van der Waals surface area contributed by atoms with Crippen molar-refractivity contribution in [2.75, 3.05) is 0 Å². The number of hydrogen-bond acceptors (Lipinski definition) is 4. The van der Waals surface area contributed by atoms with Crippen LogP contribution in [0.4, 0.5) is 0 Å². The molecule has 0 saturated heterocycles. The molecule has 0 spiro atoms. The van der Waals surface area contributed by atoms with Gasteiger partial charge in [0, 0.05) is 17.0 Å². The van der Waals surface area contributed by atoms with Crippen LogP contribution in [-0.4, -0.2) is 20.9 Å². The zero-order valence-electron chi connectivity index (χ0n) is 15.1. The smallest absolute Gasteiger partial charge is 0.161 e. The Balaban J connectivity index is 2.05. The van der Waals surface area contributed by atoms with Gasteiger partial charge in [-0.15, -0.1) is 0 Å². The summed E-state index contributed by atoms with van der Waals surface area (Å²) in [6, 6.07) is 5.16. The standard InChI is InChI=1S/C22H22O4/c1-11(2)14-9-16-12(5-6-17(23)20(16)24)15-10-18-13(21(25)19(14)15)7-8-22(3,4)26-18/h5-8,10,14,23-25H,1,9H2,2-4H3/t14-/m1/s1. The third kappa shape index (κ3) is 2.29. The first-order valence-electron chi connectivity index (χ1n) is 8.67. The van der Waals surface area contributed by atoms with Gasteiger partial charge in [0.25, 0.3) is 0 Å². The predicted octanol–water partition coefficient (Wildman–Crippen LogP) is 4.87. The Kier molecular flexibility index (Phi) is 3.38. The number of fused-ring (bicyclic) bond motifs is 4. The van der Waals surface area contributed by atoms with Crippen molar-refractivity contribution in [1.29, 1.82) is 0 Å². The first-order valence-corrected chi connectivity index (χ1v) is 8.67. The van der Waals surface area contributed by atoms with Crippen LogP contribution in [0.2, 0.25) is 0 Å². The number of phenols is 3. The Morgan fingerprint density at radius 3 is 2.58 bits per heavy atom. The van der Waals surface area contributed by atoms with E-state index in [1.807, 2.05) is 39.0 Å². The van der Waals surface area contributed by atoms with Crippen molar-refractivity contribution in [3.63, 3.8) is 0 Å².